The van der Waals surface area contributed by atoms with Crippen LogP contribution in [0, 0.1) is 5.92 Å². The zero-order chi connectivity index (χ0) is 12.7. The molecule has 0 aliphatic carbocycles. The van der Waals surface area contributed by atoms with E-state index in [2.05, 4.69) is 11.8 Å². The molecule has 0 aromatic heterocycles. The van der Waals surface area contributed by atoms with Crippen LogP contribution >= 0.6 is 0 Å². The number of nitrogens with zero attached hydrogens (tertiary/aromatic N) is 1. The topological polar surface area (TPSA) is 60.8 Å². The second-order valence-corrected chi connectivity index (χ2v) is 5.01. The van der Waals surface area contributed by atoms with Crippen molar-refractivity contribution < 1.29 is 15.0 Å². The molecule has 0 saturated carbocycles. The molecule has 0 amide bonds. The second-order valence-electron chi connectivity index (χ2n) is 5.01. The first kappa shape index (κ1) is 14.5. The molecule has 2 N–H and O–H groups in total. The van der Waals surface area contributed by atoms with Crippen LogP contribution in [0.15, 0.2) is 0 Å². The van der Waals surface area contributed by atoms with Gasteiger partial charge in [-0.15, -0.1) is 0 Å². The minimum atomic E-state index is -0.692. The maximum absolute atomic E-state index is 11.3. The third-order valence-electron chi connectivity index (χ3n) is 3.64. The van der Waals surface area contributed by atoms with Gasteiger partial charge in [0, 0.05) is 13.2 Å². The quantitative estimate of drug-likeness (QED) is 0.715. The fraction of sp³-hybridized carbons (Fsp3) is 0.923. The fourth-order valence-corrected chi connectivity index (χ4v) is 2.66. The number of carbonyl (C=O) groups is 1. The Morgan fingerprint density at radius 1 is 1.53 bits per heavy atom. The summed E-state index contributed by atoms with van der Waals surface area (Å²) in [5, 5.41) is 18.2. The summed E-state index contributed by atoms with van der Waals surface area (Å²) in [6.07, 6.45) is 5.74. The summed E-state index contributed by atoms with van der Waals surface area (Å²) in [4.78, 5) is 13.4. The molecule has 0 radical (unpaired) electrons. The normalized spacial score (nSPS) is 23.5. The van der Waals surface area contributed by atoms with Crippen LogP contribution in [0.4, 0.5) is 0 Å². The number of aliphatic hydroxyl groups is 1. The molecular formula is C13H25NO3. The maximum Gasteiger partial charge on any atom is 0.320 e. The Morgan fingerprint density at radius 2 is 2.29 bits per heavy atom. The van der Waals surface area contributed by atoms with E-state index in [0.717, 1.165) is 51.6 Å². The van der Waals surface area contributed by atoms with Crippen molar-refractivity contribution in [3.05, 3.63) is 0 Å². The lowest BCUT2D eigenvalue weighted by atomic mass is 9.93. The van der Waals surface area contributed by atoms with Crippen LogP contribution in [0.1, 0.15) is 45.4 Å². The van der Waals surface area contributed by atoms with Crippen LogP contribution in [0.2, 0.25) is 0 Å². The van der Waals surface area contributed by atoms with Crippen molar-refractivity contribution in [2.45, 2.75) is 51.5 Å². The highest BCUT2D eigenvalue weighted by molar-refractivity contribution is 5.73. The van der Waals surface area contributed by atoms with Crippen LogP contribution in [0.3, 0.4) is 0 Å². The monoisotopic (exact) mass is 243 g/mol. The van der Waals surface area contributed by atoms with Crippen molar-refractivity contribution in [2.24, 2.45) is 5.92 Å². The number of carboxylic acid groups (broad SMARTS) is 1. The Kier molecular flexibility index (Phi) is 6.52. The standard InChI is InChI=1S/C13H25NO3/c1-2-3-6-12(13(16)17)14-8-4-5-11(10-14)7-9-15/h11-12,15H,2-10H2,1H3,(H,16,17). The molecule has 1 aliphatic heterocycles. The van der Waals surface area contributed by atoms with E-state index in [9.17, 15) is 9.90 Å². The highest BCUT2D eigenvalue weighted by atomic mass is 16.4. The predicted octanol–water partition coefficient (Wildman–Crippen LogP) is 1.72. The molecule has 0 spiro atoms. The van der Waals surface area contributed by atoms with Crippen LogP contribution in [0.25, 0.3) is 0 Å². The van der Waals surface area contributed by atoms with Crippen molar-refractivity contribution >= 4 is 5.97 Å². The first-order chi connectivity index (χ1) is 8.19. The number of hydrogen-bond donors (Lipinski definition) is 2. The molecule has 2 atom stereocenters. The van der Waals surface area contributed by atoms with E-state index in [1.165, 1.54) is 0 Å². The molecule has 1 fully saturated rings. The largest absolute Gasteiger partial charge is 0.480 e. The Hall–Kier alpha value is -0.610. The van der Waals surface area contributed by atoms with E-state index in [1.54, 1.807) is 0 Å². The number of rotatable bonds is 7. The van der Waals surface area contributed by atoms with Crippen molar-refractivity contribution in [1.82, 2.24) is 4.90 Å². The smallest absolute Gasteiger partial charge is 0.320 e. The Bertz CT molecular complexity index is 231. The number of aliphatic carboxylic acids is 1. The molecular weight excluding hydrogens is 218 g/mol. The minimum Gasteiger partial charge on any atom is -0.480 e. The lowest BCUT2D eigenvalue weighted by Crippen LogP contribution is -2.46. The average Bonchev–Trinajstić information content (AvgIpc) is 2.30. The first-order valence-corrected chi connectivity index (χ1v) is 6.76. The SMILES string of the molecule is CCCCC(C(=O)O)N1CCCC(CCO)C1. The first-order valence-electron chi connectivity index (χ1n) is 6.76. The minimum absolute atomic E-state index is 0.213. The molecule has 4 nitrogen and oxygen atoms in total. The van der Waals surface area contributed by atoms with Crippen molar-refractivity contribution in [3.63, 3.8) is 0 Å². The molecule has 1 saturated heterocycles. The number of aliphatic hydroxyl groups excluding tert-OH is 1. The van der Waals surface area contributed by atoms with Gasteiger partial charge in [0.15, 0.2) is 0 Å². The molecule has 0 aromatic rings. The van der Waals surface area contributed by atoms with Gasteiger partial charge in [0.2, 0.25) is 0 Å². The zero-order valence-corrected chi connectivity index (χ0v) is 10.8. The van der Waals surface area contributed by atoms with Crippen LogP contribution in [-0.2, 0) is 4.79 Å². The van der Waals surface area contributed by atoms with Gasteiger partial charge in [-0.1, -0.05) is 19.8 Å². The average molecular weight is 243 g/mol. The summed E-state index contributed by atoms with van der Waals surface area (Å²) in [5.41, 5.74) is 0. The van der Waals surface area contributed by atoms with Gasteiger partial charge in [-0.3, -0.25) is 9.69 Å². The lowest BCUT2D eigenvalue weighted by Gasteiger charge is -2.36. The summed E-state index contributed by atoms with van der Waals surface area (Å²) in [7, 11) is 0. The van der Waals surface area contributed by atoms with Gasteiger partial charge in [-0.05, 0) is 38.1 Å². The Morgan fingerprint density at radius 3 is 2.88 bits per heavy atom. The molecule has 0 bridgehead atoms. The van der Waals surface area contributed by atoms with Crippen LogP contribution in [0.5, 0.6) is 0 Å². The van der Waals surface area contributed by atoms with Crippen molar-refractivity contribution in [2.75, 3.05) is 19.7 Å². The van der Waals surface area contributed by atoms with E-state index in [0.29, 0.717) is 5.92 Å². The molecule has 0 aromatic carbocycles. The van der Waals surface area contributed by atoms with E-state index >= 15 is 0 Å². The van der Waals surface area contributed by atoms with E-state index in [1.807, 2.05) is 0 Å². The molecule has 17 heavy (non-hydrogen) atoms. The van der Waals surface area contributed by atoms with Gasteiger partial charge in [-0.2, -0.15) is 0 Å². The van der Waals surface area contributed by atoms with Gasteiger partial charge in [0.05, 0.1) is 0 Å². The maximum atomic E-state index is 11.3. The Balaban J connectivity index is 2.51. The summed E-state index contributed by atoms with van der Waals surface area (Å²) < 4.78 is 0. The number of piperidine rings is 1. The fourth-order valence-electron chi connectivity index (χ4n) is 2.66. The molecule has 1 aliphatic rings. The summed E-state index contributed by atoms with van der Waals surface area (Å²) in [5.74, 6) is -0.222. The summed E-state index contributed by atoms with van der Waals surface area (Å²) in [6.45, 7) is 4.03. The van der Waals surface area contributed by atoms with Gasteiger partial charge in [-0.25, -0.2) is 0 Å². The zero-order valence-electron chi connectivity index (χ0n) is 10.8. The Labute approximate surface area is 104 Å². The number of carboxylic acids is 1. The molecule has 1 heterocycles. The molecule has 1 rings (SSSR count). The molecule has 2 unspecified atom stereocenters. The summed E-state index contributed by atoms with van der Waals surface area (Å²) in [6, 6.07) is -0.323. The second kappa shape index (κ2) is 7.67. The number of unbranched alkanes of at least 4 members (excludes halogenated alkanes) is 1. The van der Waals surface area contributed by atoms with E-state index in [-0.39, 0.29) is 12.6 Å². The van der Waals surface area contributed by atoms with Gasteiger partial charge in [0.1, 0.15) is 6.04 Å². The third kappa shape index (κ3) is 4.64. The predicted molar refractivity (Wildman–Crippen MR) is 66.9 cm³/mol. The number of likely N-dealkylation sites (tertiary alicyclic amines) is 1. The van der Waals surface area contributed by atoms with Crippen molar-refractivity contribution in [1.29, 1.82) is 0 Å². The van der Waals surface area contributed by atoms with E-state index < -0.39 is 5.97 Å². The highest BCUT2D eigenvalue weighted by Crippen LogP contribution is 2.22. The number of hydrogen-bond acceptors (Lipinski definition) is 3. The van der Waals surface area contributed by atoms with Gasteiger partial charge >= 0.3 is 5.97 Å². The van der Waals surface area contributed by atoms with Gasteiger partial charge in [0.25, 0.3) is 0 Å². The lowest BCUT2D eigenvalue weighted by molar-refractivity contribution is -0.144. The van der Waals surface area contributed by atoms with Gasteiger partial charge < -0.3 is 10.2 Å². The van der Waals surface area contributed by atoms with Crippen LogP contribution in [-0.4, -0.2) is 46.8 Å². The molecule has 100 valence electrons. The van der Waals surface area contributed by atoms with Crippen LogP contribution < -0.4 is 0 Å². The third-order valence-corrected chi connectivity index (χ3v) is 3.64. The highest BCUT2D eigenvalue weighted by Gasteiger charge is 2.29. The van der Waals surface area contributed by atoms with Crippen molar-refractivity contribution in [3.8, 4) is 0 Å². The molecule has 4 heteroatoms. The van der Waals surface area contributed by atoms with E-state index in [4.69, 9.17) is 5.11 Å². The summed E-state index contributed by atoms with van der Waals surface area (Å²) >= 11 is 0.